The predicted octanol–water partition coefficient (Wildman–Crippen LogP) is 4.85. The Labute approximate surface area is 83.4 Å². The molecule has 0 saturated carbocycles. The molecule has 76 valence electrons. The van der Waals surface area contributed by atoms with Gasteiger partial charge in [0.1, 0.15) is 0 Å². The van der Waals surface area contributed by atoms with Crippen LogP contribution in [0.1, 0.15) is 71.1 Å². The molecule has 0 bridgehead atoms. The molecule has 0 heteroatoms. The average Bonchev–Trinajstić information content (AvgIpc) is 2.07. The van der Waals surface area contributed by atoms with Crippen molar-refractivity contribution in [3.05, 3.63) is 11.6 Å². The van der Waals surface area contributed by atoms with Crippen molar-refractivity contribution in [1.82, 2.24) is 0 Å². The van der Waals surface area contributed by atoms with Crippen LogP contribution in [0.2, 0.25) is 0 Å². The van der Waals surface area contributed by atoms with Crippen molar-refractivity contribution in [2.24, 2.45) is 0 Å². The van der Waals surface area contributed by atoms with Gasteiger partial charge in [0.15, 0.2) is 0 Å². The van der Waals surface area contributed by atoms with Crippen LogP contribution in [0.5, 0.6) is 0 Å². The van der Waals surface area contributed by atoms with Crippen LogP contribution >= 0.6 is 0 Å². The highest BCUT2D eigenvalue weighted by Crippen LogP contribution is 2.23. The maximum atomic E-state index is 2.41. The van der Waals surface area contributed by atoms with Gasteiger partial charge in [0.05, 0.1) is 0 Å². The largest absolute Gasteiger partial charge is 0.0850 e. The molecule has 0 atom stereocenters. The molecule has 13 heavy (non-hydrogen) atoms. The third-order valence-electron chi connectivity index (χ3n) is 3.00. The first-order valence-electron chi connectivity index (χ1n) is 6.11. The summed E-state index contributed by atoms with van der Waals surface area (Å²) in [6.07, 6.45) is 16.7. The zero-order valence-electron chi connectivity index (χ0n) is 9.15. The van der Waals surface area contributed by atoms with Crippen molar-refractivity contribution < 1.29 is 0 Å². The maximum absolute atomic E-state index is 2.41. The van der Waals surface area contributed by atoms with E-state index in [9.17, 15) is 0 Å². The normalized spacial score (nSPS) is 15.3. The molecule has 0 unspecified atom stereocenters. The molecular weight excluding hydrogens is 156 g/mol. The topological polar surface area (TPSA) is 0 Å². The van der Waals surface area contributed by atoms with Gasteiger partial charge >= 0.3 is 0 Å². The Morgan fingerprint density at radius 1 is 1.00 bits per heavy atom. The summed E-state index contributed by atoms with van der Waals surface area (Å²) in [5.74, 6) is 0. The van der Waals surface area contributed by atoms with Crippen LogP contribution in [-0.2, 0) is 0 Å². The van der Waals surface area contributed by atoms with Gasteiger partial charge in [-0.2, -0.15) is 0 Å². The van der Waals surface area contributed by atoms with Crippen LogP contribution in [0.25, 0.3) is 0 Å². The lowest BCUT2D eigenvalue weighted by Gasteiger charge is -2.13. The standard InChI is InChI=1S/C13H24/c1-2-3-4-5-6-7-8-10-13-11-9-12-13/h11H,2-10,12H2,1H3. The minimum absolute atomic E-state index is 1.35. The molecule has 0 aromatic rings. The Morgan fingerprint density at radius 2 is 1.62 bits per heavy atom. The molecule has 0 nitrogen and oxygen atoms in total. The molecule has 0 saturated heterocycles. The summed E-state index contributed by atoms with van der Waals surface area (Å²) in [5.41, 5.74) is 1.73. The Kier molecular flexibility index (Phi) is 5.97. The quantitative estimate of drug-likeness (QED) is 0.370. The van der Waals surface area contributed by atoms with E-state index in [0.29, 0.717) is 0 Å². The van der Waals surface area contributed by atoms with Crippen molar-refractivity contribution in [2.45, 2.75) is 71.1 Å². The summed E-state index contributed by atoms with van der Waals surface area (Å²) in [5, 5.41) is 0. The Morgan fingerprint density at radius 3 is 2.15 bits per heavy atom. The van der Waals surface area contributed by atoms with E-state index >= 15 is 0 Å². The van der Waals surface area contributed by atoms with Crippen LogP contribution in [0.3, 0.4) is 0 Å². The van der Waals surface area contributed by atoms with Crippen molar-refractivity contribution in [2.75, 3.05) is 0 Å². The van der Waals surface area contributed by atoms with Gasteiger partial charge in [-0.15, -0.1) is 0 Å². The molecule has 0 N–H and O–H groups in total. The number of hydrogen-bond donors (Lipinski definition) is 0. The lowest BCUT2D eigenvalue weighted by molar-refractivity contribution is 0.581. The highest BCUT2D eigenvalue weighted by molar-refractivity contribution is 5.11. The SMILES string of the molecule is CCCCCCCCCC1=CCC1. The highest BCUT2D eigenvalue weighted by Gasteiger charge is 2.03. The predicted molar refractivity (Wildman–Crippen MR) is 59.9 cm³/mol. The van der Waals surface area contributed by atoms with Gasteiger partial charge in [0.2, 0.25) is 0 Å². The minimum Gasteiger partial charge on any atom is -0.0850 e. The van der Waals surface area contributed by atoms with Gasteiger partial charge in [-0.05, 0) is 25.7 Å². The molecule has 1 rings (SSSR count). The smallest absolute Gasteiger partial charge is 0.0285 e. The first-order chi connectivity index (χ1) is 6.43. The van der Waals surface area contributed by atoms with E-state index in [0.717, 1.165) is 0 Å². The van der Waals surface area contributed by atoms with Crippen molar-refractivity contribution in [3.63, 3.8) is 0 Å². The molecule has 0 radical (unpaired) electrons. The fourth-order valence-electron chi connectivity index (χ4n) is 1.88. The Hall–Kier alpha value is -0.260. The summed E-state index contributed by atoms with van der Waals surface area (Å²) >= 11 is 0. The third-order valence-corrected chi connectivity index (χ3v) is 3.00. The second-order valence-corrected chi connectivity index (χ2v) is 4.27. The number of rotatable bonds is 8. The van der Waals surface area contributed by atoms with Gasteiger partial charge in [0.25, 0.3) is 0 Å². The summed E-state index contributed by atoms with van der Waals surface area (Å²) < 4.78 is 0. The van der Waals surface area contributed by atoms with Crippen molar-refractivity contribution in [1.29, 1.82) is 0 Å². The molecule has 0 aliphatic heterocycles. The first kappa shape index (κ1) is 10.8. The molecular formula is C13H24. The zero-order valence-corrected chi connectivity index (χ0v) is 9.15. The number of unbranched alkanes of at least 4 members (excludes halogenated alkanes) is 6. The maximum Gasteiger partial charge on any atom is -0.0285 e. The minimum atomic E-state index is 1.35. The van der Waals surface area contributed by atoms with Crippen LogP contribution in [-0.4, -0.2) is 0 Å². The fourth-order valence-corrected chi connectivity index (χ4v) is 1.88. The van der Waals surface area contributed by atoms with Crippen molar-refractivity contribution >= 4 is 0 Å². The monoisotopic (exact) mass is 180 g/mol. The summed E-state index contributed by atoms with van der Waals surface area (Å²) in [6.45, 7) is 2.28. The van der Waals surface area contributed by atoms with E-state index in [4.69, 9.17) is 0 Å². The summed E-state index contributed by atoms with van der Waals surface area (Å²) in [7, 11) is 0. The van der Waals surface area contributed by atoms with Gasteiger partial charge in [-0.1, -0.05) is 57.1 Å². The Bertz CT molecular complexity index is 144. The Balaban J connectivity index is 1.73. The fraction of sp³-hybridized carbons (Fsp3) is 0.846. The number of hydrogen-bond acceptors (Lipinski definition) is 0. The second-order valence-electron chi connectivity index (χ2n) is 4.27. The summed E-state index contributed by atoms with van der Waals surface area (Å²) in [4.78, 5) is 0. The molecule has 0 heterocycles. The lowest BCUT2D eigenvalue weighted by atomic mass is 9.93. The van der Waals surface area contributed by atoms with Gasteiger partial charge < -0.3 is 0 Å². The van der Waals surface area contributed by atoms with Gasteiger partial charge in [-0.25, -0.2) is 0 Å². The molecule has 0 spiro atoms. The van der Waals surface area contributed by atoms with E-state index in [-0.39, 0.29) is 0 Å². The lowest BCUT2D eigenvalue weighted by Crippen LogP contribution is -1.93. The van der Waals surface area contributed by atoms with Crippen LogP contribution in [0.4, 0.5) is 0 Å². The number of allylic oxidation sites excluding steroid dienone is 2. The molecule has 0 amide bonds. The first-order valence-corrected chi connectivity index (χ1v) is 6.11. The highest BCUT2D eigenvalue weighted by atomic mass is 14.1. The van der Waals surface area contributed by atoms with E-state index < -0.39 is 0 Å². The van der Waals surface area contributed by atoms with Crippen molar-refractivity contribution in [3.8, 4) is 0 Å². The third kappa shape index (κ3) is 5.13. The summed E-state index contributed by atoms with van der Waals surface area (Å²) in [6, 6.07) is 0. The van der Waals surface area contributed by atoms with Crippen LogP contribution in [0, 0.1) is 0 Å². The van der Waals surface area contributed by atoms with E-state index in [1.54, 1.807) is 5.57 Å². The van der Waals surface area contributed by atoms with E-state index in [1.165, 1.54) is 64.2 Å². The van der Waals surface area contributed by atoms with Gasteiger partial charge in [-0.3, -0.25) is 0 Å². The van der Waals surface area contributed by atoms with E-state index in [2.05, 4.69) is 13.0 Å². The van der Waals surface area contributed by atoms with Crippen LogP contribution in [0.15, 0.2) is 11.6 Å². The van der Waals surface area contributed by atoms with Gasteiger partial charge in [0, 0.05) is 0 Å². The average molecular weight is 180 g/mol. The molecule has 1 aliphatic carbocycles. The van der Waals surface area contributed by atoms with E-state index in [1.807, 2.05) is 0 Å². The molecule has 1 aliphatic rings. The molecule has 0 aromatic heterocycles. The van der Waals surface area contributed by atoms with Crippen LogP contribution < -0.4 is 0 Å². The zero-order chi connectivity index (χ0) is 9.36. The second kappa shape index (κ2) is 7.17. The molecule has 0 aromatic carbocycles. The molecule has 0 fully saturated rings.